The highest BCUT2D eigenvalue weighted by Crippen LogP contribution is 2.09. The van der Waals surface area contributed by atoms with E-state index in [0.29, 0.717) is 6.04 Å². The fourth-order valence-corrected chi connectivity index (χ4v) is 2.89. The van der Waals surface area contributed by atoms with Gasteiger partial charge in [-0.2, -0.15) is 0 Å². The van der Waals surface area contributed by atoms with Gasteiger partial charge in [-0.1, -0.05) is 39.5 Å². The summed E-state index contributed by atoms with van der Waals surface area (Å²) in [5.41, 5.74) is 1.09. The molecule has 1 aromatic heterocycles. The third-order valence-corrected chi connectivity index (χ3v) is 4.48. The number of hydrogen-bond donors (Lipinski definition) is 2. The van der Waals surface area contributed by atoms with E-state index in [1.165, 1.54) is 37.1 Å². The maximum Gasteiger partial charge on any atom is 0.191 e. The van der Waals surface area contributed by atoms with Gasteiger partial charge < -0.3 is 10.6 Å². The minimum absolute atomic E-state index is 0.453. The molecule has 0 aromatic carbocycles. The van der Waals surface area contributed by atoms with Crippen LogP contribution in [0.1, 0.15) is 63.6 Å². The zero-order valence-electron chi connectivity index (χ0n) is 13.9. The molecule has 0 saturated carbocycles. The maximum atomic E-state index is 4.56. The Morgan fingerprint density at radius 3 is 2.76 bits per heavy atom. The quantitative estimate of drug-likeness (QED) is 0.415. The van der Waals surface area contributed by atoms with Gasteiger partial charge in [-0.3, -0.25) is 4.99 Å². The van der Waals surface area contributed by atoms with Crippen LogP contribution in [-0.2, 0) is 13.0 Å². The average molecular weight is 311 g/mol. The summed E-state index contributed by atoms with van der Waals surface area (Å²) in [6, 6.07) is 0.453. The van der Waals surface area contributed by atoms with Crippen molar-refractivity contribution in [3.63, 3.8) is 0 Å². The SMILES string of the molecule is CCCCCCC(C)NC(=NC)NCc1csc(CC)n1. The number of aryl methyl sites for hydroxylation is 1. The Balaban J connectivity index is 2.27. The molecule has 0 radical (unpaired) electrons. The first-order valence-corrected chi connectivity index (χ1v) is 8.98. The van der Waals surface area contributed by atoms with E-state index in [-0.39, 0.29) is 0 Å². The first kappa shape index (κ1) is 18.0. The molecule has 0 aliphatic heterocycles. The second-order valence-corrected chi connectivity index (χ2v) is 6.35. The van der Waals surface area contributed by atoms with Crippen molar-refractivity contribution in [3.05, 3.63) is 16.1 Å². The van der Waals surface area contributed by atoms with Crippen LogP contribution in [0.15, 0.2) is 10.4 Å². The highest BCUT2D eigenvalue weighted by atomic mass is 32.1. The van der Waals surface area contributed by atoms with E-state index in [1.54, 1.807) is 11.3 Å². The average Bonchev–Trinajstić information content (AvgIpc) is 2.96. The first-order valence-electron chi connectivity index (χ1n) is 8.10. The summed E-state index contributed by atoms with van der Waals surface area (Å²) in [5, 5.41) is 10.1. The Bertz CT molecular complexity index is 414. The molecular weight excluding hydrogens is 280 g/mol. The highest BCUT2D eigenvalue weighted by molar-refractivity contribution is 7.09. The van der Waals surface area contributed by atoms with E-state index in [4.69, 9.17) is 0 Å². The Morgan fingerprint density at radius 2 is 2.14 bits per heavy atom. The van der Waals surface area contributed by atoms with Gasteiger partial charge in [-0.05, 0) is 19.8 Å². The molecule has 1 atom stereocenters. The molecule has 2 N–H and O–H groups in total. The molecule has 0 bridgehead atoms. The van der Waals surface area contributed by atoms with Crippen LogP contribution in [0.5, 0.6) is 0 Å². The summed E-state index contributed by atoms with van der Waals surface area (Å²) in [6.07, 6.45) is 7.43. The van der Waals surface area contributed by atoms with Crippen molar-refractivity contribution in [1.82, 2.24) is 15.6 Å². The van der Waals surface area contributed by atoms with E-state index in [2.05, 4.69) is 46.8 Å². The fourth-order valence-electron chi connectivity index (χ4n) is 2.14. The van der Waals surface area contributed by atoms with Gasteiger partial charge in [0.15, 0.2) is 5.96 Å². The molecule has 1 aromatic rings. The second-order valence-electron chi connectivity index (χ2n) is 5.41. The van der Waals surface area contributed by atoms with E-state index in [0.717, 1.165) is 24.6 Å². The third-order valence-electron chi connectivity index (χ3n) is 3.44. The zero-order chi connectivity index (χ0) is 15.5. The van der Waals surface area contributed by atoms with Gasteiger partial charge in [0.2, 0.25) is 0 Å². The summed E-state index contributed by atoms with van der Waals surface area (Å²) in [5.74, 6) is 0.865. The lowest BCUT2D eigenvalue weighted by Crippen LogP contribution is -2.41. The van der Waals surface area contributed by atoms with Crippen molar-refractivity contribution in [2.24, 2.45) is 4.99 Å². The monoisotopic (exact) mass is 310 g/mol. The molecule has 0 fully saturated rings. The molecule has 0 aliphatic rings. The fraction of sp³-hybridized carbons (Fsp3) is 0.750. The highest BCUT2D eigenvalue weighted by Gasteiger charge is 2.06. The number of nitrogens with zero attached hydrogens (tertiary/aromatic N) is 2. The van der Waals surface area contributed by atoms with Crippen molar-refractivity contribution in [2.75, 3.05) is 7.05 Å². The van der Waals surface area contributed by atoms with Crippen LogP contribution in [0.4, 0.5) is 0 Å². The standard InChI is InChI=1S/C16H30N4S/c1-5-7-8-9-10-13(3)19-16(17-4)18-11-14-12-21-15(6-2)20-14/h12-13H,5-11H2,1-4H3,(H2,17,18,19). The molecule has 1 rings (SSSR count). The van der Waals surface area contributed by atoms with Gasteiger partial charge in [-0.15, -0.1) is 11.3 Å². The summed E-state index contributed by atoms with van der Waals surface area (Å²) >= 11 is 1.73. The van der Waals surface area contributed by atoms with Crippen LogP contribution in [-0.4, -0.2) is 24.0 Å². The van der Waals surface area contributed by atoms with Crippen molar-refractivity contribution < 1.29 is 0 Å². The van der Waals surface area contributed by atoms with Gasteiger partial charge in [0.05, 0.1) is 17.2 Å². The van der Waals surface area contributed by atoms with Crippen LogP contribution < -0.4 is 10.6 Å². The lowest BCUT2D eigenvalue weighted by atomic mass is 10.1. The first-order chi connectivity index (χ1) is 10.2. The van der Waals surface area contributed by atoms with Gasteiger partial charge in [0.1, 0.15) is 0 Å². The largest absolute Gasteiger partial charge is 0.354 e. The minimum Gasteiger partial charge on any atom is -0.354 e. The predicted octanol–water partition coefficient (Wildman–Crippen LogP) is 3.73. The van der Waals surface area contributed by atoms with Crippen LogP contribution >= 0.6 is 11.3 Å². The predicted molar refractivity (Wildman–Crippen MR) is 93.0 cm³/mol. The third kappa shape index (κ3) is 7.46. The van der Waals surface area contributed by atoms with Crippen LogP contribution in [0.2, 0.25) is 0 Å². The van der Waals surface area contributed by atoms with Gasteiger partial charge in [-0.25, -0.2) is 4.98 Å². The summed E-state index contributed by atoms with van der Waals surface area (Å²) in [7, 11) is 1.82. The number of rotatable bonds is 9. The van der Waals surface area contributed by atoms with Gasteiger partial charge >= 0.3 is 0 Å². The van der Waals surface area contributed by atoms with E-state index in [1.807, 2.05) is 7.05 Å². The summed E-state index contributed by atoms with van der Waals surface area (Å²) in [4.78, 5) is 8.84. The van der Waals surface area contributed by atoms with E-state index >= 15 is 0 Å². The Hall–Kier alpha value is -1.10. The molecular formula is C16H30N4S. The van der Waals surface area contributed by atoms with Crippen LogP contribution in [0.3, 0.4) is 0 Å². The number of hydrogen-bond acceptors (Lipinski definition) is 3. The van der Waals surface area contributed by atoms with Crippen molar-refractivity contribution in [2.45, 2.75) is 71.9 Å². The summed E-state index contributed by atoms with van der Waals surface area (Å²) in [6.45, 7) is 7.34. The lowest BCUT2D eigenvalue weighted by Gasteiger charge is -2.17. The van der Waals surface area contributed by atoms with E-state index < -0.39 is 0 Å². The Kier molecular flexibility index (Phi) is 9.06. The molecule has 0 saturated heterocycles. The zero-order valence-corrected chi connectivity index (χ0v) is 14.7. The molecule has 21 heavy (non-hydrogen) atoms. The second kappa shape index (κ2) is 10.6. The number of unbranched alkanes of at least 4 members (excludes halogenated alkanes) is 3. The molecule has 1 unspecified atom stereocenters. The van der Waals surface area contributed by atoms with Gasteiger partial charge in [0, 0.05) is 18.5 Å². The summed E-state index contributed by atoms with van der Waals surface area (Å²) < 4.78 is 0. The topological polar surface area (TPSA) is 49.3 Å². The molecule has 0 spiro atoms. The number of guanidine groups is 1. The number of aromatic nitrogens is 1. The number of thiazole rings is 1. The van der Waals surface area contributed by atoms with Crippen LogP contribution in [0, 0.1) is 0 Å². The molecule has 0 amide bonds. The molecule has 0 aliphatic carbocycles. The molecule has 5 heteroatoms. The van der Waals surface area contributed by atoms with E-state index in [9.17, 15) is 0 Å². The lowest BCUT2D eigenvalue weighted by molar-refractivity contribution is 0.537. The molecule has 120 valence electrons. The Labute approximate surface area is 133 Å². The van der Waals surface area contributed by atoms with Crippen LogP contribution in [0.25, 0.3) is 0 Å². The molecule has 1 heterocycles. The smallest absolute Gasteiger partial charge is 0.191 e. The van der Waals surface area contributed by atoms with Gasteiger partial charge in [0.25, 0.3) is 0 Å². The van der Waals surface area contributed by atoms with Crippen molar-refractivity contribution in [3.8, 4) is 0 Å². The molecule has 4 nitrogen and oxygen atoms in total. The van der Waals surface area contributed by atoms with Crippen molar-refractivity contribution in [1.29, 1.82) is 0 Å². The normalized spacial score (nSPS) is 13.2. The maximum absolute atomic E-state index is 4.56. The Morgan fingerprint density at radius 1 is 1.33 bits per heavy atom. The minimum atomic E-state index is 0.453. The number of nitrogens with one attached hydrogen (secondary N) is 2. The number of aliphatic imine (C=N–C) groups is 1. The van der Waals surface area contributed by atoms with Crippen molar-refractivity contribution >= 4 is 17.3 Å².